The minimum absolute atomic E-state index is 0.0337. The van der Waals surface area contributed by atoms with Crippen LogP contribution in [0.3, 0.4) is 0 Å². The second-order valence-electron chi connectivity index (χ2n) is 8.00. The molecule has 0 unspecified atom stereocenters. The first-order valence-electron chi connectivity index (χ1n) is 10.4. The van der Waals surface area contributed by atoms with E-state index in [1.807, 2.05) is 36.4 Å². The summed E-state index contributed by atoms with van der Waals surface area (Å²) in [4.78, 5) is 28.8. The lowest BCUT2D eigenvalue weighted by molar-refractivity contribution is -0.142. The van der Waals surface area contributed by atoms with E-state index in [2.05, 4.69) is 15.3 Å². The van der Waals surface area contributed by atoms with Crippen molar-refractivity contribution in [1.29, 1.82) is 0 Å². The summed E-state index contributed by atoms with van der Waals surface area (Å²) in [6.07, 6.45) is 2.06. The van der Waals surface area contributed by atoms with Gasteiger partial charge in [0.2, 0.25) is 5.91 Å². The number of aromatic nitrogens is 2. The van der Waals surface area contributed by atoms with Crippen LogP contribution in [0.25, 0.3) is 0 Å². The van der Waals surface area contributed by atoms with Crippen LogP contribution >= 0.6 is 0 Å². The summed E-state index contributed by atoms with van der Waals surface area (Å²) >= 11 is 0. The van der Waals surface area contributed by atoms with E-state index >= 15 is 0 Å². The number of hydrogen-bond donors (Lipinski definition) is 1. The van der Waals surface area contributed by atoms with Gasteiger partial charge in [0.15, 0.2) is 0 Å². The number of hydrogen-bond acceptors (Lipinski definition) is 5. The Morgan fingerprint density at radius 1 is 1.29 bits per heavy atom. The van der Waals surface area contributed by atoms with Crippen molar-refractivity contribution in [3.05, 3.63) is 17.5 Å². The molecule has 0 saturated carbocycles. The van der Waals surface area contributed by atoms with Crippen molar-refractivity contribution in [1.82, 2.24) is 24.9 Å². The molecule has 2 aliphatic heterocycles. The normalized spacial score (nSPS) is 21.7. The lowest BCUT2D eigenvalue weighted by Crippen LogP contribution is -2.51. The lowest BCUT2D eigenvalue weighted by atomic mass is 10.2. The van der Waals surface area contributed by atoms with E-state index in [0.717, 1.165) is 43.9 Å². The van der Waals surface area contributed by atoms with Gasteiger partial charge < -0.3 is 15.0 Å². The van der Waals surface area contributed by atoms with Gasteiger partial charge in [0, 0.05) is 57.5 Å². The number of rotatable bonds is 7. The zero-order valence-electron chi connectivity index (χ0n) is 17.3. The highest BCUT2D eigenvalue weighted by Gasteiger charge is 2.30. The van der Waals surface area contributed by atoms with Gasteiger partial charge in [0.1, 0.15) is 6.10 Å². The zero-order chi connectivity index (χ0) is 20.1. The highest BCUT2D eigenvalue weighted by Crippen LogP contribution is 2.16. The number of ether oxygens (including phenoxy) is 1. The van der Waals surface area contributed by atoms with Crippen LogP contribution in [0.4, 0.5) is 0 Å². The van der Waals surface area contributed by atoms with Gasteiger partial charge in [-0.25, -0.2) is 0 Å². The van der Waals surface area contributed by atoms with Crippen molar-refractivity contribution in [2.24, 2.45) is 0 Å². The number of carbonyl (C=O) groups is 2. The van der Waals surface area contributed by atoms with E-state index in [9.17, 15) is 9.59 Å². The Kier molecular flexibility index (Phi) is 7.07. The highest BCUT2D eigenvalue weighted by molar-refractivity contribution is 5.81. The molecule has 0 aliphatic carbocycles. The number of piperazine rings is 1. The van der Waals surface area contributed by atoms with Crippen molar-refractivity contribution in [3.63, 3.8) is 0 Å². The minimum Gasteiger partial charge on any atom is -0.368 e. The summed E-state index contributed by atoms with van der Waals surface area (Å²) in [5.74, 6) is 0.194. The largest absolute Gasteiger partial charge is 0.368 e. The third kappa shape index (κ3) is 5.54. The molecule has 3 heterocycles. The molecule has 1 aromatic rings. The fraction of sp³-hybridized carbons (Fsp3) is 0.750. The monoisotopic (exact) mass is 391 g/mol. The van der Waals surface area contributed by atoms with E-state index < -0.39 is 0 Å². The Labute approximate surface area is 167 Å². The highest BCUT2D eigenvalue weighted by atomic mass is 16.5. The van der Waals surface area contributed by atoms with Crippen LogP contribution in [0.5, 0.6) is 0 Å². The molecule has 2 fully saturated rings. The molecular formula is C20H33N5O3. The van der Waals surface area contributed by atoms with Gasteiger partial charge in [-0.1, -0.05) is 0 Å². The second kappa shape index (κ2) is 9.52. The maximum atomic E-state index is 12.4. The molecule has 28 heavy (non-hydrogen) atoms. The maximum Gasteiger partial charge on any atom is 0.251 e. The second-order valence-corrected chi connectivity index (χ2v) is 8.00. The molecule has 1 N–H and O–H groups in total. The molecule has 2 aliphatic rings. The number of amides is 2. The van der Waals surface area contributed by atoms with Crippen LogP contribution in [0.2, 0.25) is 0 Å². The summed E-state index contributed by atoms with van der Waals surface area (Å²) in [5.41, 5.74) is 2.10. The average molecular weight is 392 g/mol. The van der Waals surface area contributed by atoms with Crippen LogP contribution < -0.4 is 5.32 Å². The quantitative estimate of drug-likeness (QED) is 0.741. The van der Waals surface area contributed by atoms with Crippen molar-refractivity contribution in [2.75, 3.05) is 39.3 Å². The fourth-order valence-corrected chi connectivity index (χ4v) is 3.94. The molecule has 2 saturated heterocycles. The van der Waals surface area contributed by atoms with Crippen molar-refractivity contribution < 1.29 is 14.3 Å². The summed E-state index contributed by atoms with van der Waals surface area (Å²) in [6.45, 7) is 11.2. The topological polar surface area (TPSA) is 79.7 Å². The molecule has 1 aromatic heterocycles. The SMILES string of the molecule is Cc1cc(C)n(C[C@H](C)NC(=O)CCN2CCN(C(=O)[C@@H]3CCCO3)CC2)n1. The van der Waals surface area contributed by atoms with E-state index in [4.69, 9.17) is 4.74 Å². The first-order valence-corrected chi connectivity index (χ1v) is 10.4. The lowest BCUT2D eigenvalue weighted by Gasteiger charge is -2.35. The standard InChI is InChI=1S/C20H33N5O3/c1-15-13-17(3)25(22-15)14-16(2)21-19(26)6-7-23-8-10-24(11-9-23)20(27)18-5-4-12-28-18/h13,16,18H,4-12,14H2,1-3H3,(H,21,26)/t16-,18-/m0/s1. The molecule has 0 bridgehead atoms. The zero-order valence-corrected chi connectivity index (χ0v) is 17.3. The Hall–Kier alpha value is -1.93. The van der Waals surface area contributed by atoms with Crippen LogP contribution in [-0.4, -0.2) is 82.9 Å². The summed E-state index contributed by atoms with van der Waals surface area (Å²) in [7, 11) is 0. The van der Waals surface area contributed by atoms with Gasteiger partial charge in [-0.15, -0.1) is 0 Å². The molecule has 3 rings (SSSR count). The minimum atomic E-state index is -0.235. The van der Waals surface area contributed by atoms with Crippen LogP contribution in [0.1, 0.15) is 37.6 Å². The molecule has 156 valence electrons. The van der Waals surface area contributed by atoms with E-state index in [1.165, 1.54) is 0 Å². The van der Waals surface area contributed by atoms with Crippen LogP contribution in [-0.2, 0) is 20.9 Å². The smallest absolute Gasteiger partial charge is 0.251 e. The first kappa shape index (κ1) is 20.8. The Balaban J connectivity index is 1.34. The third-order valence-electron chi connectivity index (χ3n) is 5.50. The summed E-state index contributed by atoms with van der Waals surface area (Å²) < 4.78 is 7.43. The number of aryl methyl sites for hydroxylation is 2. The van der Waals surface area contributed by atoms with Crippen molar-refractivity contribution >= 4 is 11.8 Å². The molecule has 0 aromatic carbocycles. The van der Waals surface area contributed by atoms with Gasteiger partial charge in [-0.05, 0) is 39.7 Å². The van der Waals surface area contributed by atoms with Gasteiger partial charge in [0.25, 0.3) is 5.91 Å². The number of carbonyl (C=O) groups excluding carboxylic acids is 2. The summed E-state index contributed by atoms with van der Waals surface area (Å²) in [6, 6.07) is 2.07. The summed E-state index contributed by atoms with van der Waals surface area (Å²) in [5, 5.41) is 7.50. The third-order valence-corrected chi connectivity index (χ3v) is 5.50. The Morgan fingerprint density at radius 3 is 2.64 bits per heavy atom. The van der Waals surface area contributed by atoms with Gasteiger partial charge in [0.05, 0.1) is 12.2 Å². The molecule has 8 nitrogen and oxygen atoms in total. The van der Waals surface area contributed by atoms with E-state index in [0.29, 0.717) is 32.7 Å². The van der Waals surface area contributed by atoms with E-state index in [-0.39, 0.29) is 24.0 Å². The predicted molar refractivity (Wildman–Crippen MR) is 106 cm³/mol. The van der Waals surface area contributed by atoms with Gasteiger partial charge in [-0.3, -0.25) is 19.2 Å². The predicted octanol–water partition coefficient (Wildman–Crippen LogP) is 0.718. The Bertz CT molecular complexity index is 675. The molecule has 2 atom stereocenters. The maximum absolute atomic E-state index is 12.4. The fourth-order valence-electron chi connectivity index (χ4n) is 3.94. The van der Waals surface area contributed by atoms with Crippen molar-refractivity contribution in [2.45, 2.75) is 58.7 Å². The number of nitrogens with one attached hydrogen (secondary N) is 1. The van der Waals surface area contributed by atoms with E-state index in [1.54, 1.807) is 0 Å². The Morgan fingerprint density at radius 2 is 2.04 bits per heavy atom. The molecule has 2 amide bonds. The molecule has 0 spiro atoms. The van der Waals surface area contributed by atoms with Crippen LogP contribution in [0, 0.1) is 13.8 Å². The molecule has 0 radical (unpaired) electrons. The molecular weight excluding hydrogens is 358 g/mol. The van der Waals surface area contributed by atoms with Gasteiger partial charge in [-0.2, -0.15) is 5.10 Å². The van der Waals surface area contributed by atoms with Crippen molar-refractivity contribution in [3.8, 4) is 0 Å². The first-order chi connectivity index (χ1) is 13.4. The molecule has 8 heteroatoms. The van der Waals surface area contributed by atoms with Crippen LogP contribution in [0.15, 0.2) is 6.07 Å². The number of nitrogens with zero attached hydrogens (tertiary/aromatic N) is 4. The van der Waals surface area contributed by atoms with Gasteiger partial charge >= 0.3 is 0 Å². The average Bonchev–Trinajstić information content (AvgIpc) is 3.30.